The van der Waals surface area contributed by atoms with Gasteiger partial charge in [0.2, 0.25) is 0 Å². The largest absolute Gasteiger partial charge is 0.457 e. The van der Waals surface area contributed by atoms with Crippen LogP contribution < -0.4 is 10.5 Å². The van der Waals surface area contributed by atoms with E-state index in [1.165, 1.54) is 0 Å². The van der Waals surface area contributed by atoms with E-state index in [1.807, 2.05) is 12.1 Å². The Morgan fingerprint density at radius 2 is 1.84 bits per heavy atom. The highest BCUT2D eigenvalue weighted by Gasteiger charge is 2.20. The molecule has 0 spiro atoms. The maximum Gasteiger partial charge on any atom is 0.128 e. The number of hydrogen-bond donors (Lipinski definition) is 2. The Morgan fingerprint density at radius 3 is 2.42 bits per heavy atom. The molecule has 0 bridgehead atoms. The summed E-state index contributed by atoms with van der Waals surface area (Å²) in [4.78, 5) is 0. The first kappa shape index (κ1) is 13.9. The van der Waals surface area contributed by atoms with Crippen molar-refractivity contribution in [2.75, 3.05) is 6.54 Å². The third-order valence-corrected chi connectivity index (χ3v) is 3.14. The lowest BCUT2D eigenvalue weighted by molar-refractivity contribution is 0.0668. The number of benzene rings is 2. The summed E-state index contributed by atoms with van der Waals surface area (Å²) < 4.78 is 5.66. The van der Waals surface area contributed by atoms with Crippen LogP contribution in [0.15, 0.2) is 48.5 Å². The Labute approximate surface area is 117 Å². The first-order valence-electron chi connectivity index (χ1n) is 5.98. The number of halogens is 1. The molecule has 0 aliphatic rings. The van der Waals surface area contributed by atoms with Crippen LogP contribution in [-0.4, -0.2) is 11.7 Å². The maximum atomic E-state index is 10.0. The Balaban J connectivity index is 2.15. The first-order chi connectivity index (χ1) is 9.01. The van der Waals surface area contributed by atoms with Gasteiger partial charge >= 0.3 is 0 Å². The zero-order chi connectivity index (χ0) is 13.9. The summed E-state index contributed by atoms with van der Waals surface area (Å²) in [7, 11) is 0. The van der Waals surface area contributed by atoms with E-state index in [-0.39, 0.29) is 6.54 Å². The summed E-state index contributed by atoms with van der Waals surface area (Å²) in [6, 6.07) is 14.4. The van der Waals surface area contributed by atoms with Crippen LogP contribution >= 0.6 is 11.6 Å². The molecule has 2 rings (SSSR count). The third kappa shape index (κ3) is 3.47. The topological polar surface area (TPSA) is 55.5 Å². The van der Waals surface area contributed by atoms with Gasteiger partial charge in [-0.05, 0) is 42.8 Å². The lowest BCUT2D eigenvalue weighted by Gasteiger charge is -2.21. The lowest BCUT2D eigenvalue weighted by Crippen LogP contribution is -2.31. The molecular weight excluding hydrogens is 262 g/mol. The molecule has 2 aromatic carbocycles. The van der Waals surface area contributed by atoms with Gasteiger partial charge in [-0.2, -0.15) is 0 Å². The SMILES string of the molecule is CC(O)(CN)c1ccc(Oc2cccc(Cl)c2)cc1. The van der Waals surface area contributed by atoms with Gasteiger partial charge in [0, 0.05) is 11.6 Å². The average Bonchev–Trinajstić information content (AvgIpc) is 2.39. The summed E-state index contributed by atoms with van der Waals surface area (Å²) in [5.41, 5.74) is 5.26. The van der Waals surface area contributed by atoms with Crippen LogP contribution in [0.1, 0.15) is 12.5 Å². The van der Waals surface area contributed by atoms with E-state index in [9.17, 15) is 5.11 Å². The van der Waals surface area contributed by atoms with E-state index in [2.05, 4.69) is 0 Å². The Hall–Kier alpha value is -1.55. The van der Waals surface area contributed by atoms with Crippen molar-refractivity contribution in [1.82, 2.24) is 0 Å². The second kappa shape index (κ2) is 5.61. The van der Waals surface area contributed by atoms with E-state index in [4.69, 9.17) is 22.1 Å². The summed E-state index contributed by atoms with van der Waals surface area (Å²) >= 11 is 5.89. The van der Waals surface area contributed by atoms with Gasteiger partial charge in [-0.1, -0.05) is 29.8 Å². The summed E-state index contributed by atoms with van der Waals surface area (Å²) in [6.45, 7) is 1.85. The molecule has 3 nitrogen and oxygen atoms in total. The van der Waals surface area contributed by atoms with Crippen molar-refractivity contribution in [2.24, 2.45) is 5.73 Å². The second-order valence-corrected chi connectivity index (χ2v) is 5.00. The molecule has 1 unspecified atom stereocenters. The van der Waals surface area contributed by atoms with E-state index < -0.39 is 5.60 Å². The number of hydrogen-bond acceptors (Lipinski definition) is 3. The van der Waals surface area contributed by atoms with Crippen molar-refractivity contribution in [3.8, 4) is 11.5 Å². The minimum Gasteiger partial charge on any atom is -0.457 e. The normalized spacial score (nSPS) is 13.9. The maximum absolute atomic E-state index is 10.0. The van der Waals surface area contributed by atoms with Gasteiger partial charge in [0.25, 0.3) is 0 Å². The average molecular weight is 278 g/mol. The molecule has 0 aromatic heterocycles. The van der Waals surface area contributed by atoms with Gasteiger partial charge < -0.3 is 15.6 Å². The second-order valence-electron chi connectivity index (χ2n) is 4.56. The first-order valence-corrected chi connectivity index (χ1v) is 6.35. The fourth-order valence-electron chi connectivity index (χ4n) is 1.67. The molecular formula is C15H16ClNO2. The Kier molecular flexibility index (Phi) is 4.10. The van der Waals surface area contributed by atoms with Gasteiger partial charge in [0.05, 0.1) is 5.60 Å². The van der Waals surface area contributed by atoms with E-state index >= 15 is 0 Å². The summed E-state index contributed by atoms with van der Waals surface area (Å²) in [5, 5.41) is 10.7. The molecule has 3 N–H and O–H groups in total. The van der Waals surface area contributed by atoms with E-state index in [1.54, 1.807) is 43.3 Å². The molecule has 2 aromatic rings. The molecule has 4 heteroatoms. The standard InChI is InChI=1S/C15H16ClNO2/c1-15(18,10-17)11-5-7-13(8-6-11)19-14-4-2-3-12(16)9-14/h2-9,18H,10,17H2,1H3. The number of aliphatic hydroxyl groups is 1. The molecule has 1 atom stereocenters. The molecule has 0 amide bonds. The van der Waals surface area contributed by atoms with Gasteiger partial charge in [0.1, 0.15) is 11.5 Å². The zero-order valence-electron chi connectivity index (χ0n) is 10.6. The summed E-state index contributed by atoms with van der Waals surface area (Å²) in [5.74, 6) is 1.35. The predicted octanol–water partition coefficient (Wildman–Crippen LogP) is 3.30. The molecule has 19 heavy (non-hydrogen) atoms. The van der Waals surface area contributed by atoms with Crippen LogP contribution in [0, 0.1) is 0 Å². The molecule has 0 fully saturated rings. The van der Waals surface area contributed by atoms with Gasteiger partial charge in [-0.3, -0.25) is 0 Å². The van der Waals surface area contributed by atoms with Crippen molar-refractivity contribution in [3.63, 3.8) is 0 Å². The molecule has 0 aliphatic carbocycles. The minimum absolute atomic E-state index is 0.168. The molecule has 100 valence electrons. The van der Waals surface area contributed by atoms with Crippen LogP contribution in [-0.2, 0) is 5.60 Å². The van der Waals surface area contributed by atoms with Gasteiger partial charge in [0.15, 0.2) is 0 Å². The molecule has 0 radical (unpaired) electrons. The number of nitrogens with two attached hydrogens (primary N) is 1. The van der Waals surface area contributed by atoms with Crippen LogP contribution in [0.4, 0.5) is 0 Å². The fraction of sp³-hybridized carbons (Fsp3) is 0.200. The fourth-order valence-corrected chi connectivity index (χ4v) is 1.85. The van der Waals surface area contributed by atoms with Crippen molar-refractivity contribution < 1.29 is 9.84 Å². The smallest absolute Gasteiger partial charge is 0.128 e. The highest BCUT2D eigenvalue weighted by atomic mass is 35.5. The van der Waals surface area contributed by atoms with Crippen LogP contribution in [0.25, 0.3) is 0 Å². The third-order valence-electron chi connectivity index (χ3n) is 2.91. The van der Waals surface area contributed by atoms with Gasteiger partial charge in [-0.15, -0.1) is 0 Å². The molecule has 0 saturated carbocycles. The monoisotopic (exact) mass is 277 g/mol. The Morgan fingerprint density at radius 1 is 1.16 bits per heavy atom. The number of rotatable bonds is 4. The van der Waals surface area contributed by atoms with Crippen LogP contribution in [0.5, 0.6) is 11.5 Å². The highest BCUT2D eigenvalue weighted by molar-refractivity contribution is 6.30. The van der Waals surface area contributed by atoms with Crippen LogP contribution in [0.3, 0.4) is 0 Å². The zero-order valence-corrected chi connectivity index (χ0v) is 11.4. The van der Waals surface area contributed by atoms with E-state index in [0.717, 1.165) is 5.56 Å². The summed E-state index contributed by atoms with van der Waals surface area (Å²) in [6.07, 6.45) is 0. The van der Waals surface area contributed by atoms with Crippen molar-refractivity contribution in [2.45, 2.75) is 12.5 Å². The molecule has 0 heterocycles. The minimum atomic E-state index is -1.02. The lowest BCUT2D eigenvalue weighted by atomic mass is 9.96. The number of ether oxygens (including phenoxy) is 1. The van der Waals surface area contributed by atoms with Gasteiger partial charge in [-0.25, -0.2) is 0 Å². The predicted molar refractivity (Wildman–Crippen MR) is 76.6 cm³/mol. The van der Waals surface area contributed by atoms with Crippen molar-refractivity contribution >= 4 is 11.6 Å². The Bertz CT molecular complexity index is 552. The van der Waals surface area contributed by atoms with Crippen molar-refractivity contribution in [1.29, 1.82) is 0 Å². The molecule has 0 saturated heterocycles. The van der Waals surface area contributed by atoms with Crippen LogP contribution in [0.2, 0.25) is 5.02 Å². The van der Waals surface area contributed by atoms with Crippen molar-refractivity contribution in [3.05, 3.63) is 59.1 Å². The molecule has 0 aliphatic heterocycles. The highest BCUT2D eigenvalue weighted by Crippen LogP contribution is 2.26. The quantitative estimate of drug-likeness (QED) is 0.901. The van der Waals surface area contributed by atoms with E-state index in [0.29, 0.717) is 16.5 Å².